The van der Waals surface area contributed by atoms with Crippen LogP contribution in [0.15, 0.2) is 58.8 Å². The van der Waals surface area contributed by atoms with Crippen LogP contribution in [-0.2, 0) is 10.0 Å². The van der Waals surface area contributed by atoms with Gasteiger partial charge in [-0.1, -0.05) is 17.7 Å². The van der Waals surface area contributed by atoms with E-state index in [-0.39, 0.29) is 22.6 Å². The summed E-state index contributed by atoms with van der Waals surface area (Å²) in [7, 11) is -1.09. The number of aromatic nitrogens is 3. The van der Waals surface area contributed by atoms with Crippen LogP contribution in [0.1, 0.15) is 11.1 Å². The van der Waals surface area contributed by atoms with E-state index in [0.29, 0.717) is 10.8 Å². The van der Waals surface area contributed by atoms with Crippen molar-refractivity contribution in [3.63, 3.8) is 0 Å². The first-order valence-electron chi connectivity index (χ1n) is 10.2. The van der Waals surface area contributed by atoms with Crippen molar-refractivity contribution >= 4 is 38.0 Å². The Balaban J connectivity index is 1.49. The van der Waals surface area contributed by atoms with Crippen molar-refractivity contribution in [3.8, 4) is 23.1 Å². The molecule has 2 aromatic carbocycles. The van der Waals surface area contributed by atoms with Gasteiger partial charge in [0.1, 0.15) is 0 Å². The minimum absolute atomic E-state index is 0.0136. The average Bonchev–Trinajstić information content (AvgIpc) is 3.28. The van der Waals surface area contributed by atoms with Crippen LogP contribution < -0.4 is 19.5 Å². The molecule has 176 valence electrons. The first-order valence-corrected chi connectivity index (χ1v) is 12.5. The number of methoxy groups -OCH3 is 2. The number of sulfonamides is 1. The molecule has 0 saturated heterocycles. The van der Waals surface area contributed by atoms with Crippen molar-refractivity contribution in [2.75, 3.05) is 24.3 Å². The molecule has 0 bridgehead atoms. The Kier molecular flexibility index (Phi) is 6.66. The van der Waals surface area contributed by atoms with Crippen LogP contribution in [-0.4, -0.2) is 37.6 Å². The third-order valence-corrected chi connectivity index (χ3v) is 7.03. The molecule has 11 heteroatoms. The molecule has 0 unspecified atom stereocenters. The molecule has 0 fully saturated rings. The van der Waals surface area contributed by atoms with Crippen LogP contribution in [0, 0.1) is 13.8 Å². The number of anilines is 3. The second-order valence-corrected chi connectivity index (χ2v) is 9.93. The summed E-state index contributed by atoms with van der Waals surface area (Å²) in [5, 5.41) is 5.94. The van der Waals surface area contributed by atoms with Gasteiger partial charge in [0.05, 0.1) is 24.8 Å². The molecule has 2 heterocycles. The fraction of sp³-hybridized carbons (Fsp3) is 0.174. The fourth-order valence-electron chi connectivity index (χ4n) is 3.16. The predicted molar refractivity (Wildman–Crippen MR) is 133 cm³/mol. The second-order valence-electron chi connectivity index (χ2n) is 7.39. The Labute approximate surface area is 201 Å². The molecule has 0 atom stereocenters. The van der Waals surface area contributed by atoms with E-state index in [1.165, 1.54) is 49.3 Å². The number of rotatable bonds is 8. The van der Waals surface area contributed by atoms with E-state index in [4.69, 9.17) is 9.47 Å². The lowest BCUT2D eigenvalue weighted by molar-refractivity contribution is 0.353. The van der Waals surface area contributed by atoms with Crippen molar-refractivity contribution in [1.82, 2.24) is 15.0 Å². The first-order chi connectivity index (χ1) is 16.3. The summed E-state index contributed by atoms with van der Waals surface area (Å²) in [5.41, 5.74) is 5.03. The number of hydrogen-bond donors (Lipinski definition) is 2. The van der Waals surface area contributed by atoms with Crippen LogP contribution in [0.25, 0.3) is 11.3 Å². The zero-order chi connectivity index (χ0) is 24.3. The third kappa shape index (κ3) is 5.26. The second kappa shape index (κ2) is 9.65. The molecular weight excluding hydrogens is 474 g/mol. The monoisotopic (exact) mass is 497 g/mol. The maximum Gasteiger partial charge on any atom is 0.321 e. The first kappa shape index (κ1) is 23.5. The number of benzene rings is 2. The molecule has 4 aromatic rings. The average molecular weight is 498 g/mol. The van der Waals surface area contributed by atoms with Crippen LogP contribution >= 0.6 is 11.3 Å². The predicted octanol–water partition coefficient (Wildman–Crippen LogP) is 4.78. The summed E-state index contributed by atoms with van der Waals surface area (Å²) < 4.78 is 38.1. The quantitative estimate of drug-likeness (QED) is 0.357. The Hall–Kier alpha value is -3.70. The van der Waals surface area contributed by atoms with Gasteiger partial charge in [-0.2, -0.15) is 9.97 Å². The molecule has 0 aliphatic rings. The van der Waals surface area contributed by atoms with E-state index in [1.807, 2.05) is 5.38 Å². The fourth-order valence-corrected chi connectivity index (χ4v) is 4.88. The number of hydrogen-bond acceptors (Lipinski definition) is 9. The molecule has 34 heavy (non-hydrogen) atoms. The topological polar surface area (TPSA) is 115 Å². The molecule has 9 nitrogen and oxygen atoms in total. The van der Waals surface area contributed by atoms with E-state index in [0.717, 1.165) is 16.8 Å². The molecule has 0 spiro atoms. The van der Waals surface area contributed by atoms with Crippen molar-refractivity contribution in [2.45, 2.75) is 18.7 Å². The standard InChI is InChI=1S/C23H23N5O4S2/c1-14-5-6-15(2)18(11-14)19-13-33-23(25-19)24-16-7-9-17(10-8-16)34(29,30)28-20-12-21(31-3)27-22(26-20)32-4/h5-13H,1-4H3,(H,24,25)(H,26,27,28). The summed E-state index contributed by atoms with van der Waals surface area (Å²) in [6, 6.07) is 14.0. The van der Waals surface area contributed by atoms with Gasteiger partial charge in [-0.05, 0) is 49.7 Å². The molecule has 0 amide bonds. The zero-order valence-corrected chi connectivity index (χ0v) is 20.6. The summed E-state index contributed by atoms with van der Waals surface area (Å²) >= 11 is 1.48. The van der Waals surface area contributed by atoms with E-state index in [1.54, 1.807) is 12.1 Å². The maximum atomic E-state index is 12.8. The molecule has 2 aromatic heterocycles. The highest BCUT2D eigenvalue weighted by Gasteiger charge is 2.17. The highest BCUT2D eigenvalue weighted by molar-refractivity contribution is 7.92. The van der Waals surface area contributed by atoms with Crippen LogP contribution in [0.2, 0.25) is 0 Å². The lowest BCUT2D eigenvalue weighted by Crippen LogP contribution is -2.14. The Morgan fingerprint density at radius 2 is 1.68 bits per heavy atom. The summed E-state index contributed by atoms with van der Waals surface area (Å²) in [6.45, 7) is 4.11. The van der Waals surface area contributed by atoms with E-state index in [9.17, 15) is 8.42 Å². The number of aryl methyl sites for hydroxylation is 2. The van der Waals surface area contributed by atoms with Gasteiger partial charge < -0.3 is 14.8 Å². The van der Waals surface area contributed by atoms with Crippen molar-refractivity contribution in [2.24, 2.45) is 0 Å². The van der Waals surface area contributed by atoms with E-state index >= 15 is 0 Å². The van der Waals surface area contributed by atoms with Crippen molar-refractivity contribution < 1.29 is 17.9 Å². The lowest BCUT2D eigenvalue weighted by Gasteiger charge is -2.10. The normalized spacial score (nSPS) is 11.2. The van der Waals surface area contributed by atoms with Crippen molar-refractivity contribution in [1.29, 1.82) is 0 Å². The van der Waals surface area contributed by atoms with E-state index < -0.39 is 10.0 Å². The highest BCUT2D eigenvalue weighted by Crippen LogP contribution is 2.30. The third-order valence-electron chi connectivity index (χ3n) is 4.90. The number of nitrogens with one attached hydrogen (secondary N) is 2. The van der Waals surface area contributed by atoms with Gasteiger partial charge in [-0.3, -0.25) is 4.72 Å². The summed E-state index contributed by atoms with van der Waals surface area (Å²) in [5.74, 6) is 0.209. The molecule has 4 rings (SSSR count). The van der Waals surface area contributed by atoms with Crippen LogP contribution in [0.5, 0.6) is 11.9 Å². The van der Waals surface area contributed by atoms with E-state index in [2.05, 4.69) is 57.0 Å². The SMILES string of the molecule is COc1cc(NS(=O)(=O)c2ccc(Nc3nc(-c4cc(C)ccc4C)cs3)cc2)nc(OC)n1. The summed E-state index contributed by atoms with van der Waals surface area (Å²) in [6.07, 6.45) is 0. The summed E-state index contributed by atoms with van der Waals surface area (Å²) in [4.78, 5) is 12.7. The van der Waals surface area contributed by atoms with Gasteiger partial charge in [-0.15, -0.1) is 11.3 Å². The minimum Gasteiger partial charge on any atom is -0.481 e. The van der Waals surface area contributed by atoms with Crippen LogP contribution in [0.3, 0.4) is 0 Å². The molecule has 2 N–H and O–H groups in total. The lowest BCUT2D eigenvalue weighted by atomic mass is 10.0. The van der Waals surface area contributed by atoms with Gasteiger partial charge >= 0.3 is 6.01 Å². The molecule has 0 aliphatic heterocycles. The van der Waals surface area contributed by atoms with Crippen LogP contribution in [0.4, 0.5) is 16.6 Å². The van der Waals surface area contributed by atoms with Gasteiger partial charge in [0.15, 0.2) is 10.9 Å². The number of thiazole rings is 1. The molecule has 0 radical (unpaired) electrons. The van der Waals surface area contributed by atoms with Gasteiger partial charge in [0.25, 0.3) is 10.0 Å². The minimum atomic E-state index is -3.89. The Bertz CT molecular complexity index is 1400. The Morgan fingerprint density at radius 1 is 0.912 bits per heavy atom. The molecule has 0 aliphatic carbocycles. The number of ether oxygens (including phenoxy) is 2. The van der Waals surface area contributed by atoms with Gasteiger partial charge in [0, 0.05) is 22.7 Å². The highest BCUT2D eigenvalue weighted by atomic mass is 32.2. The van der Waals surface area contributed by atoms with Gasteiger partial charge in [-0.25, -0.2) is 13.4 Å². The molecule has 0 saturated carbocycles. The maximum absolute atomic E-state index is 12.8. The number of nitrogens with zero attached hydrogens (tertiary/aromatic N) is 3. The van der Waals surface area contributed by atoms with Gasteiger partial charge in [0.2, 0.25) is 5.88 Å². The van der Waals surface area contributed by atoms with Crippen molar-refractivity contribution in [3.05, 3.63) is 65.0 Å². The largest absolute Gasteiger partial charge is 0.481 e. The zero-order valence-electron chi connectivity index (χ0n) is 19.0. The Morgan fingerprint density at radius 3 is 2.38 bits per heavy atom. The smallest absolute Gasteiger partial charge is 0.321 e. The molecular formula is C23H23N5O4S2.